The normalized spacial score (nSPS) is 15.8. The summed E-state index contributed by atoms with van der Waals surface area (Å²) in [6, 6.07) is 51.4. The SMILES string of the molecule is [2H]c1c([2H])c([2H])c(-c2cccc(-c3cc(C(C)(C)C)cc(C(C)(C)C)c3)c2N2CN(c3cccc(Oc4ccc5c(c4)N(c4cc(C([2H])([2H])[2H])c(-c6ccc(C(C)(C)C)cc6)cn4)c4ccccc4[Si]5(C)C)c3)c3ccccc32)c([2H])c1[2H]. The van der Waals surface area contributed by atoms with Crippen LogP contribution in [0.15, 0.2) is 194 Å². The van der Waals surface area contributed by atoms with Crippen LogP contribution in [0, 0.1) is 6.85 Å². The van der Waals surface area contributed by atoms with Gasteiger partial charge in [0, 0.05) is 50.5 Å². The first-order chi connectivity index (χ1) is 39.0. The van der Waals surface area contributed by atoms with Crippen molar-refractivity contribution in [2.75, 3.05) is 21.4 Å². The molecule has 0 unspecified atom stereocenters. The third kappa shape index (κ3) is 9.24. The van der Waals surface area contributed by atoms with Crippen molar-refractivity contribution in [1.29, 1.82) is 0 Å². The lowest BCUT2D eigenvalue weighted by Gasteiger charge is -2.40. The van der Waals surface area contributed by atoms with Gasteiger partial charge in [-0.2, -0.15) is 0 Å². The molecule has 3 heterocycles. The fourth-order valence-corrected chi connectivity index (χ4v) is 13.7. The molecule has 2 aliphatic heterocycles. The van der Waals surface area contributed by atoms with Gasteiger partial charge in [0.25, 0.3) is 0 Å². The van der Waals surface area contributed by atoms with E-state index in [1.54, 1.807) is 12.3 Å². The molecule has 1 aromatic heterocycles. The Morgan fingerprint density at radius 1 is 0.507 bits per heavy atom. The number of para-hydroxylation sites is 4. The van der Waals surface area contributed by atoms with Crippen LogP contribution < -0.4 is 29.8 Å². The molecule has 0 amide bonds. The van der Waals surface area contributed by atoms with Crippen LogP contribution in [0.4, 0.5) is 39.9 Å². The van der Waals surface area contributed by atoms with Crippen LogP contribution in [0.5, 0.6) is 11.5 Å². The molecule has 6 heteroatoms. The summed E-state index contributed by atoms with van der Waals surface area (Å²) in [6.07, 6.45) is 1.70. The van der Waals surface area contributed by atoms with E-state index in [1.165, 1.54) is 5.19 Å². The van der Waals surface area contributed by atoms with Crippen LogP contribution in [0.2, 0.25) is 13.1 Å². The summed E-state index contributed by atoms with van der Waals surface area (Å²) in [4.78, 5) is 11.6. The minimum absolute atomic E-state index is 0.0613. The second-order valence-corrected chi connectivity index (χ2v) is 28.0. The molecule has 11 rings (SSSR count). The molecule has 0 fully saturated rings. The van der Waals surface area contributed by atoms with Crippen LogP contribution in [0.1, 0.15) is 95.5 Å². The Labute approximate surface area is 458 Å². The number of aryl methyl sites for hydroxylation is 1. The molecule has 0 saturated carbocycles. The molecule has 0 atom stereocenters. The highest BCUT2D eigenvalue weighted by atomic mass is 28.3. The van der Waals surface area contributed by atoms with Crippen LogP contribution in [0.3, 0.4) is 0 Å². The highest BCUT2D eigenvalue weighted by Crippen LogP contribution is 2.51. The van der Waals surface area contributed by atoms with Gasteiger partial charge in [-0.25, -0.2) is 4.98 Å². The number of nitrogens with zero attached hydrogens (tertiary/aromatic N) is 4. The van der Waals surface area contributed by atoms with E-state index >= 15 is 0 Å². The van der Waals surface area contributed by atoms with Gasteiger partial charge in [0.05, 0.1) is 29.6 Å². The summed E-state index contributed by atoms with van der Waals surface area (Å²) in [7, 11) is -2.34. The number of ether oxygens (including phenoxy) is 1. The summed E-state index contributed by atoms with van der Waals surface area (Å²) in [5.41, 5.74) is 12.3. The van der Waals surface area contributed by atoms with Crippen molar-refractivity contribution < 1.29 is 15.7 Å². The molecule has 9 aromatic rings. The number of aromatic nitrogens is 1. The topological polar surface area (TPSA) is 31.8 Å². The summed E-state index contributed by atoms with van der Waals surface area (Å²) < 4.78 is 78.0. The van der Waals surface area contributed by atoms with E-state index in [1.807, 2.05) is 78.9 Å². The zero-order valence-electron chi connectivity index (χ0n) is 53.0. The largest absolute Gasteiger partial charge is 0.457 e. The zero-order valence-corrected chi connectivity index (χ0v) is 46.0. The van der Waals surface area contributed by atoms with Crippen molar-refractivity contribution in [3.63, 3.8) is 0 Å². The van der Waals surface area contributed by atoms with Crippen molar-refractivity contribution >= 4 is 58.4 Å². The van der Waals surface area contributed by atoms with Crippen molar-refractivity contribution in [3.05, 3.63) is 216 Å². The van der Waals surface area contributed by atoms with Crippen molar-refractivity contribution in [1.82, 2.24) is 4.98 Å². The molecule has 0 bridgehead atoms. The maximum Gasteiger partial charge on any atom is 0.137 e. The Morgan fingerprint density at radius 3 is 1.77 bits per heavy atom. The highest BCUT2D eigenvalue weighted by molar-refractivity contribution is 7.02. The Balaban J connectivity index is 1.00. The van der Waals surface area contributed by atoms with E-state index in [-0.39, 0.29) is 39.5 Å². The molecule has 0 radical (unpaired) electrons. The highest BCUT2D eigenvalue weighted by Gasteiger charge is 2.39. The number of pyridine rings is 1. The van der Waals surface area contributed by atoms with Crippen LogP contribution in [-0.2, 0) is 16.2 Å². The second-order valence-electron chi connectivity index (χ2n) is 23.7. The van der Waals surface area contributed by atoms with Crippen LogP contribution >= 0.6 is 0 Å². The third-order valence-electron chi connectivity index (χ3n) is 15.0. The first-order valence-electron chi connectivity index (χ1n) is 30.0. The van der Waals surface area contributed by atoms with Gasteiger partial charge in [0.1, 0.15) is 32.1 Å². The number of hydrogen-bond acceptors (Lipinski definition) is 5. The lowest BCUT2D eigenvalue weighted by Crippen LogP contribution is -2.58. The number of rotatable bonds is 8. The van der Waals surface area contributed by atoms with Crippen molar-refractivity contribution in [2.45, 2.75) is 98.5 Å². The van der Waals surface area contributed by atoms with E-state index in [2.05, 4.69) is 163 Å². The van der Waals surface area contributed by atoms with E-state index in [0.717, 1.165) is 72.7 Å². The van der Waals surface area contributed by atoms with Gasteiger partial charge in [-0.15, -0.1) is 0 Å². The lowest BCUT2D eigenvalue weighted by atomic mass is 9.78. The Morgan fingerprint density at radius 2 is 1.11 bits per heavy atom. The Kier molecular flexibility index (Phi) is 10.1. The van der Waals surface area contributed by atoms with Crippen molar-refractivity contribution in [2.24, 2.45) is 0 Å². The van der Waals surface area contributed by atoms with Gasteiger partial charge in [-0.05, 0) is 115 Å². The number of anilines is 7. The summed E-state index contributed by atoms with van der Waals surface area (Å²) in [6.45, 7) is 22.3. The minimum atomic E-state index is -2.44. The molecule has 8 aromatic carbocycles. The van der Waals surface area contributed by atoms with E-state index in [4.69, 9.17) is 17.9 Å². The fraction of sp³-hybridized carbons (Fsp3) is 0.232. The molecule has 376 valence electrons. The predicted molar refractivity (Wildman–Crippen MR) is 321 cm³/mol. The van der Waals surface area contributed by atoms with Gasteiger partial charge in [0.15, 0.2) is 0 Å². The first-order valence-corrected chi connectivity index (χ1v) is 29.0. The molecule has 2 aliphatic rings. The molecular formula is C69H70N4OSi. The quantitative estimate of drug-likeness (QED) is 0.142. The molecule has 0 saturated heterocycles. The molecule has 0 spiro atoms. The minimum Gasteiger partial charge on any atom is -0.457 e. The maximum absolute atomic E-state index is 9.29. The van der Waals surface area contributed by atoms with E-state index in [9.17, 15) is 2.74 Å². The lowest BCUT2D eigenvalue weighted by molar-refractivity contribution is 0.483. The average Bonchev–Trinajstić information content (AvgIpc) is 3.66. The molecule has 75 heavy (non-hydrogen) atoms. The van der Waals surface area contributed by atoms with Gasteiger partial charge < -0.3 is 14.5 Å². The zero-order chi connectivity index (χ0) is 59.5. The monoisotopic (exact) mass is 1010 g/mol. The third-order valence-corrected chi connectivity index (χ3v) is 18.6. The van der Waals surface area contributed by atoms with Gasteiger partial charge >= 0.3 is 0 Å². The molecule has 5 nitrogen and oxygen atoms in total. The van der Waals surface area contributed by atoms with Crippen molar-refractivity contribution in [3.8, 4) is 44.9 Å². The standard InChI is InChI=1S/C69H70N4OSi/c1-46-38-65(70-44-58(46)48-32-34-50(35-33-48)67(2,3)4)73-61-30-18-19-31-63(61)75(11,12)64-37-36-55(43-62(64)73)74-54-25-20-24-53(42-54)71-45-72(60-29-17-16-28-59(60)71)66-56(47-22-14-13-15-23-47)26-21-27-57(66)49-39-51(68(5,6)7)41-52(40-49)69(8,9)10/h13-44H,45H2,1-12H3/i1D3,13D,14D,15D,22D,23D. The van der Waals surface area contributed by atoms with Crippen LogP contribution in [0.25, 0.3) is 33.4 Å². The number of fused-ring (bicyclic) bond motifs is 3. The molecule has 0 aliphatic carbocycles. The Hall–Kier alpha value is -7.67. The summed E-state index contributed by atoms with van der Waals surface area (Å²) in [5.74, 6) is 1.68. The van der Waals surface area contributed by atoms with E-state index < -0.39 is 33.1 Å². The summed E-state index contributed by atoms with van der Waals surface area (Å²) in [5, 5.41) is 2.37. The second kappa shape index (κ2) is 18.6. The summed E-state index contributed by atoms with van der Waals surface area (Å²) >= 11 is 0. The molecular weight excluding hydrogens is 929 g/mol. The smallest absolute Gasteiger partial charge is 0.137 e. The Bertz CT molecular complexity index is 3980. The number of benzene rings is 8. The maximum atomic E-state index is 9.29. The fourth-order valence-electron chi connectivity index (χ4n) is 10.7. The van der Waals surface area contributed by atoms with Gasteiger partial charge in [-0.3, -0.25) is 4.90 Å². The van der Waals surface area contributed by atoms with Gasteiger partial charge in [0.2, 0.25) is 0 Å². The number of hydrogen-bond donors (Lipinski definition) is 0. The van der Waals surface area contributed by atoms with Crippen LogP contribution in [-0.4, -0.2) is 19.7 Å². The van der Waals surface area contributed by atoms with E-state index in [0.29, 0.717) is 35.1 Å². The van der Waals surface area contributed by atoms with Gasteiger partial charge in [-0.1, -0.05) is 209 Å². The average molecular weight is 1010 g/mol. The predicted octanol–water partition coefficient (Wildman–Crippen LogP) is 17.9. The first kappa shape index (κ1) is 40.7. The molecule has 0 N–H and O–H groups in total.